The highest BCUT2D eigenvalue weighted by molar-refractivity contribution is 6.07. The summed E-state index contributed by atoms with van der Waals surface area (Å²) in [5, 5.41) is 0.633. The van der Waals surface area contributed by atoms with E-state index in [9.17, 15) is 19.2 Å². The zero-order valence-electron chi connectivity index (χ0n) is 21.2. The lowest BCUT2D eigenvalue weighted by Crippen LogP contribution is -2.12. The Morgan fingerprint density at radius 2 is 1.22 bits per heavy atom. The van der Waals surface area contributed by atoms with Crippen LogP contribution in [0, 0.1) is 13.8 Å². The van der Waals surface area contributed by atoms with Crippen molar-refractivity contribution in [3.05, 3.63) is 28.8 Å². The molecule has 0 aliphatic rings. The second kappa shape index (κ2) is 10.1. The van der Waals surface area contributed by atoms with Crippen LogP contribution in [-0.2, 0) is 14.4 Å². The van der Waals surface area contributed by atoms with E-state index in [1.165, 1.54) is 34.1 Å². The van der Waals surface area contributed by atoms with Crippen LogP contribution in [0.15, 0.2) is 16.5 Å². The van der Waals surface area contributed by atoms with E-state index in [-0.39, 0.29) is 51.2 Å². The molecule has 0 aliphatic heterocycles. The van der Waals surface area contributed by atoms with Gasteiger partial charge in [-0.2, -0.15) is 0 Å². The number of hydrogen-bond acceptors (Lipinski definition) is 10. The first-order valence-electron chi connectivity index (χ1n) is 10.8. The first-order valence-corrected chi connectivity index (χ1v) is 10.8. The maximum atomic E-state index is 12.9. The molecule has 36 heavy (non-hydrogen) atoms. The van der Waals surface area contributed by atoms with Crippen LogP contribution in [-0.4, -0.2) is 37.9 Å². The van der Waals surface area contributed by atoms with Crippen LogP contribution in [0.1, 0.15) is 49.2 Å². The Hall–Kier alpha value is -4.34. The predicted molar refractivity (Wildman–Crippen MR) is 128 cm³/mol. The van der Waals surface area contributed by atoms with Crippen molar-refractivity contribution in [2.45, 2.75) is 41.5 Å². The molecule has 0 fully saturated rings. The van der Waals surface area contributed by atoms with Gasteiger partial charge in [0.2, 0.25) is 11.5 Å². The van der Waals surface area contributed by atoms with E-state index in [0.29, 0.717) is 10.9 Å². The predicted octanol–water partition coefficient (Wildman–Crippen LogP) is 4.71. The van der Waals surface area contributed by atoms with Crippen LogP contribution in [0.25, 0.3) is 22.3 Å². The third kappa shape index (κ3) is 4.74. The van der Waals surface area contributed by atoms with Crippen LogP contribution in [0.3, 0.4) is 0 Å². The second-order valence-corrected chi connectivity index (χ2v) is 7.98. The third-order valence-corrected chi connectivity index (χ3v) is 5.29. The lowest BCUT2D eigenvalue weighted by atomic mass is 9.96. The molecule has 0 bridgehead atoms. The van der Waals surface area contributed by atoms with Gasteiger partial charge in [-0.25, -0.2) is 0 Å². The number of hydrogen-bond donors (Lipinski definition) is 0. The maximum absolute atomic E-state index is 12.9. The number of ether oxygens (including phenoxy) is 5. The van der Waals surface area contributed by atoms with Gasteiger partial charge in [0, 0.05) is 37.3 Å². The van der Waals surface area contributed by atoms with Crippen LogP contribution in [0.5, 0.6) is 28.7 Å². The molecule has 190 valence electrons. The smallest absolute Gasteiger partial charge is 0.308 e. The average Bonchev–Trinajstić information content (AvgIpc) is 3.12. The van der Waals surface area contributed by atoms with Gasteiger partial charge >= 0.3 is 17.9 Å². The molecule has 0 unspecified atom stereocenters. The largest absolute Gasteiger partial charge is 0.493 e. The molecule has 0 saturated heterocycles. The SMILES string of the molecule is COc1cc(-c2oc3c(OC(C)=O)c(OC)cc(C)c3c2C)c(C(C)=O)c(OC(C)=O)c1OC(C)=O. The highest BCUT2D eigenvalue weighted by atomic mass is 16.6. The number of fused-ring (bicyclic) bond motifs is 1. The second-order valence-electron chi connectivity index (χ2n) is 7.98. The molecule has 10 heteroatoms. The van der Waals surface area contributed by atoms with Gasteiger partial charge in [0.15, 0.2) is 28.6 Å². The normalized spacial score (nSPS) is 10.7. The van der Waals surface area contributed by atoms with Crippen molar-refractivity contribution < 1.29 is 47.3 Å². The highest BCUT2D eigenvalue weighted by Gasteiger charge is 2.31. The maximum Gasteiger partial charge on any atom is 0.308 e. The van der Waals surface area contributed by atoms with Gasteiger partial charge in [-0.15, -0.1) is 0 Å². The van der Waals surface area contributed by atoms with E-state index in [2.05, 4.69) is 0 Å². The molecule has 3 rings (SSSR count). The van der Waals surface area contributed by atoms with Gasteiger partial charge in [0.25, 0.3) is 0 Å². The quantitative estimate of drug-likeness (QED) is 0.257. The van der Waals surface area contributed by atoms with Crippen molar-refractivity contribution in [3.8, 4) is 40.1 Å². The molecule has 1 heterocycles. The molecule has 0 amide bonds. The Bertz CT molecular complexity index is 1410. The number of furan rings is 1. The summed E-state index contributed by atoms with van der Waals surface area (Å²) in [6.45, 7) is 8.42. The van der Waals surface area contributed by atoms with Crippen molar-refractivity contribution in [3.63, 3.8) is 0 Å². The van der Waals surface area contributed by atoms with Crippen LogP contribution >= 0.6 is 0 Å². The fourth-order valence-corrected chi connectivity index (χ4v) is 4.02. The molecule has 1 aromatic heterocycles. The summed E-state index contributed by atoms with van der Waals surface area (Å²) in [7, 11) is 2.76. The molecular weight excluding hydrogens is 472 g/mol. The fraction of sp³-hybridized carbons (Fsp3) is 0.308. The lowest BCUT2D eigenvalue weighted by Gasteiger charge is -2.18. The minimum atomic E-state index is -0.746. The monoisotopic (exact) mass is 498 g/mol. The average molecular weight is 498 g/mol. The Morgan fingerprint density at radius 1 is 0.722 bits per heavy atom. The van der Waals surface area contributed by atoms with E-state index in [1.54, 1.807) is 13.0 Å². The van der Waals surface area contributed by atoms with Gasteiger partial charge in [0.05, 0.1) is 19.8 Å². The van der Waals surface area contributed by atoms with Gasteiger partial charge in [-0.3, -0.25) is 19.2 Å². The Kier molecular flexibility index (Phi) is 7.37. The fourth-order valence-electron chi connectivity index (χ4n) is 4.02. The summed E-state index contributed by atoms with van der Waals surface area (Å²) < 4.78 is 33.0. The Labute approximate surface area is 207 Å². The molecule has 0 radical (unpaired) electrons. The number of aryl methyl sites for hydroxylation is 2. The number of esters is 3. The van der Waals surface area contributed by atoms with E-state index >= 15 is 0 Å². The number of carbonyl (C=O) groups excluding carboxylic acids is 4. The van der Waals surface area contributed by atoms with E-state index in [4.69, 9.17) is 28.1 Å². The first-order chi connectivity index (χ1) is 16.9. The molecule has 2 aromatic carbocycles. The molecule has 0 aliphatic carbocycles. The Morgan fingerprint density at radius 3 is 1.72 bits per heavy atom. The summed E-state index contributed by atoms with van der Waals surface area (Å²) in [4.78, 5) is 48.4. The molecule has 10 nitrogen and oxygen atoms in total. The van der Waals surface area contributed by atoms with Crippen molar-refractivity contribution >= 4 is 34.7 Å². The zero-order chi connectivity index (χ0) is 26.9. The van der Waals surface area contributed by atoms with Crippen molar-refractivity contribution in [1.29, 1.82) is 0 Å². The van der Waals surface area contributed by atoms with Gasteiger partial charge in [-0.1, -0.05) is 0 Å². The molecule has 0 spiro atoms. The summed E-state index contributed by atoms with van der Waals surface area (Å²) >= 11 is 0. The lowest BCUT2D eigenvalue weighted by molar-refractivity contribution is -0.134. The third-order valence-electron chi connectivity index (χ3n) is 5.29. The number of benzene rings is 2. The molecule has 0 saturated carbocycles. The van der Waals surface area contributed by atoms with Crippen molar-refractivity contribution in [2.24, 2.45) is 0 Å². The zero-order valence-corrected chi connectivity index (χ0v) is 21.2. The van der Waals surface area contributed by atoms with Gasteiger partial charge in [0.1, 0.15) is 5.76 Å². The summed E-state index contributed by atoms with van der Waals surface area (Å²) in [5.41, 5.74) is 1.74. The number of methoxy groups -OCH3 is 2. The molecular formula is C26H26O10. The van der Waals surface area contributed by atoms with Gasteiger partial charge < -0.3 is 28.1 Å². The number of rotatable bonds is 7. The van der Waals surface area contributed by atoms with E-state index < -0.39 is 23.7 Å². The topological polar surface area (TPSA) is 128 Å². The summed E-state index contributed by atoms with van der Waals surface area (Å²) in [6.07, 6.45) is 0. The van der Waals surface area contributed by atoms with Crippen LogP contribution < -0.4 is 23.7 Å². The summed E-state index contributed by atoms with van der Waals surface area (Å²) in [6, 6.07) is 3.15. The van der Waals surface area contributed by atoms with Crippen molar-refractivity contribution in [1.82, 2.24) is 0 Å². The standard InChI is InChI=1S/C26H26O10/c1-11-9-18(31-7)23(33-14(4)28)25-20(11)12(2)22(36-25)17-10-19(32-8)24(34-15(5)29)26(35-16(6)30)21(17)13(3)27/h9-10H,1-8H3. The van der Waals surface area contributed by atoms with Crippen LogP contribution in [0.4, 0.5) is 0 Å². The van der Waals surface area contributed by atoms with E-state index in [1.807, 2.05) is 6.92 Å². The number of Topliss-reactive ketones (excluding diaryl/α,β-unsaturated/α-hetero) is 1. The van der Waals surface area contributed by atoms with Crippen molar-refractivity contribution in [2.75, 3.05) is 14.2 Å². The summed E-state index contributed by atoms with van der Waals surface area (Å²) in [5.74, 6) is -2.43. The van der Waals surface area contributed by atoms with E-state index in [0.717, 1.165) is 19.4 Å². The molecule has 0 N–H and O–H groups in total. The number of carbonyl (C=O) groups is 4. The van der Waals surface area contributed by atoms with Gasteiger partial charge in [-0.05, 0) is 38.5 Å². The molecule has 0 atom stereocenters. The van der Waals surface area contributed by atoms with Crippen LogP contribution in [0.2, 0.25) is 0 Å². The molecule has 3 aromatic rings. The minimum absolute atomic E-state index is 0.0239. The first kappa shape index (κ1) is 26.3. The highest BCUT2D eigenvalue weighted by Crippen LogP contribution is 2.50. The minimum Gasteiger partial charge on any atom is -0.493 e. The Balaban J connectivity index is 2.50. The number of ketones is 1.